The molecule has 6 heavy (non-hydrogen) atoms. The third-order valence-electron chi connectivity index (χ3n) is 0. The molecule has 0 amide bonds. The van der Waals surface area contributed by atoms with Gasteiger partial charge in [0.1, 0.15) is 0 Å². The first-order chi connectivity index (χ1) is 0. The second-order valence-corrected chi connectivity index (χ2v) is 0. The highest BCUT2D eigenvalue weighted by Gasteiger charge is -0.0765. The summed E-state index contributed by atoms with van der Waals surface area (Å²) in [6.45, 7) is 0. The van der Waals surface area contributed by atoms with Crippen molar-refractivity contribution < 1.29 is 11.0 Å². The van der Waals surface area contributed by atoms with Crippen LogP contribution in [0.15, 0.2) is 0 Å². The summed E-state index contributed by atoms with van der Waals surface area (Å²) in [5.74, 6) is 0. The van der Waals surface area contributed by atoms with Crippen molar-refractivity contribution in [1.29, 1.82) is 0 Å². The predicted octanol–water partition coefficient (Wildman–Crippen LogP) is -0.0532. The zero-order valence-electron chi connectivity index (χ0n) is 2.41. The predicted molar refractivity (Wildman–Crippen MR) is 30.7 cm³/mol. The molecule has 0 saturated carbocycles. The summed E-state index contributed by atoms with van der Waals surface area (Å²) >= 11 is 0. The maximum Gasteiger partial charge on any atom is -0.0776 e. The Kier molecular flexibility index (Phi) is 2480000. The van der Waals surface area contributed by atoms with Gasteiger partial charge in [-0.25, -0.2) is 0 Å². The fourth-order valence-electron chi connectivity index (χ4n) is 0. The van der Waals surface area contributed by atoms with E-state index in [1.54, 1.807) is 0 Å². The van der Waals surface area contributed by atoms with Crippen LogP contribution in [0.3, 0.4) is 0 Å². The van der Waals surface area contributed by atoms with E-state index in [2.05, 4.69) is 0 Å². The zero-order chi connectivity index (χ0) is 0. The fourth-order valence-corrected chi connectivity index (χ4v) is 0. The lowest BCUT2D eigenvalue weighted by molar-refractivity contribution is 0.823. The molecule has 0 bridgehead atoms. The van der Waals surface area contributed by atoms with E-state index in [-0.39, 0.29) is 38.1 Å². The minimum Gasteiger partial charge on any atom is -0.412 e. The van der Waals surface area contributed by atoms with Gasteiger partial charge < -0.3 is 23.3 Å². The van der Waals surface area contributed by atoms with E-state index in [0.717, 1.165) is 0 Å². The molecule has 0 atom stereocenters. The zero-order valence-corrected chi connectivity index (χ0v) is 2.41. The molecule has 48 valence electrons. The third-order valence-corrected chi connectivity index (χ3v) is 0. The summed E-state index contributed by atoms with van der Waals surface area (Å²) in [7, 11) is 0. The van der Waals surface area contributed by atoms with Gasteiger partial charge in [-0.2, -0.15) is 0 Å². The molecule has 10 N–H and O–H groups in total. The standard InChI is InChI=1S/2CH4.2H3N.2H2O/h2*1H4;2*1H3;2*1H2. The number of rotatable bonds is 0. The van der Waals surface area contributed by atoms with Gasteiger partial charge in [0.05, 0.1) is 0 Å². The van der Waals surface area contributed by atoms with Crippen molar-refractivity contribution in [2.24, 2.45) is 0 Å². The quantitative estimate of drug-likeness (QED) is 0.443. The highest BCUT2D eigenvalue weighted by molar-refractivity contribution is 2.50. The minimum atomic E-state index is 0. The lowest BCUT2D eigenvalue weighted by Gasteiger charge is -0.413. The van der Waals surface area contributed by atoms with E-state index in [9.17, 15) is 0 Å². The topological polar surface area (TPSA) is 133 Å². The van der Waals surface area contributed by atoms with E-state index >= 15 is 0 Å². The van der Waals surface area contributed by atoms with E-state index < -0.39 is 0 Å². The summed E-state index contributed by atoms with van der Waals surface area (Å²) < 4.78 is 0. The summed E-state index contributed by atoms with van der Waals surface area (Å²) in [4.78, 5) is 0. The number of hydrogen-bond acceptors (Lipinski definition) is 2. The van der Waals surface area contributed by atoms with Gasteiger partial charge in [0, 0.05) is 0 Å². The molecule has 0 rings (SSSR count). The molecule has 0 saturated heterocycles. The molecule has 4 nitrogen and oxygen atoms in total. The lowest BCUT2D eigenvalue weighted by Crippen LogP contribution is -0.482. The fraction of sp³-hybridized carbons (Fsp3) is 1.00. The van der Waals surface area contributed by atoms with Crippen LogP contribution in [0.25, 0.3) is 0 Å². The molecule has 0 aliphatic rings. The second kappa shape index (κ2) is 2790. The van der Waals surface area contributed by atoms with Gasteiger partial charge in [-0.3, -0.25) is 0 Å². The smallest absolute Gasteiger partial charge is 0.0776 e. The van der Waals surface area contributed by atoms with Crippen LogP contribution in [-0.4, -0.2) is 11.0 Å². The van der Waals surface area contributed by atoms with Crippen molar-refractivity contribution in [3.05, 3.63) is 0 Å². The molecular formula is C2H18N2O2. The first kappa shape index (κ1) is 5340. The van der Waals surface area contributed by atoms with Gasteiger partial charge in [0.25, 0.3) is 0 Å². The Morgan fingerprint density at radius 2 is 0.500 bits per heavy atom. The Bertz CT molecular complexity index is 9.51. The van der Waals surface area contributed by atoms with Crippen molar-refractivity contribution >= 4 is 0 Å². The molecule has 0 aromatic heterocycles. The molecule has 0 aliphatic heterocycles. The van der Waals surface area contributed by atoms with Crippen molar-refractivity contribution in [3.63, 3.8) is 0 Å². The summed E-state index contributed by atoms with van der Waals surface area (Å²) in [5.41, 5.74) is 0. The van der Waals surface area contributed by atoms with E-state index in [1.807, 2.05) is 0 Å². The van der Waals surface area contributed by atoms with Gasteiger partial charge in [-0.1, -0.05) is 14.9 Å². The van der Waals surface area contributed by atoms with Gasteiger partial charge in [-0.15, -0.1) is 0 Å². The molecule has 0 radical (unpaired) electrons. The summed E-state index contributed by atoms with van der Waals surface area (Å²) in [6.07, 6.45) is 0. The van der Waals surface area contributed by atoms with Crippen LogP contribution in [0.2, 0.25) is 0 Å². The average molecular weight is 102 g/mol. The molecule has 0 unspecified atom stereocenters. The Hall–Kier alpha value is -0.160. The van der Waals surface area contributed by atoms with Gasteiger partial charge in [0.2, 0.25) is 0 Å². The first-order valence-electron chi connectivity index (χ1n) is 0. The summed E-state index contributed by atoms with van der Waals surface area (Å²) in [6, 6.07) is 0. The molecule has 0 fully saturated rings. The molecule has 4 heteroatoms. The Morgan fingerprint density at radius 1 is 0.500 bits per heavy atom. The van der Waals surface area contributed by atoms with Crippen molar-refractivity contribution in [3.8, 4) is 0 Å². The Morgan fingerprint density at radius 3 is 0.500 bits per heavy atom. The maximum atomic E-state index is 0. The van der Waals surface area contributed by atoms with Crippen LogP contribution in [0.4, 0.5) is 0 Å². The second-order valence-electron chi connectivity index (χ2n) is 0. The van der Waals surface area contributed by atoms with Crippen molar-refractivity contribution in [2.45, 2.75) is 14.9 Å². The van der Waals surface area contributed by atoms with Crippen molar-refractivity contribution in [1.82, 2.24) is 12.3 Å². The highest BCUT2D eigenvalue weighted by Crippen LogP contribution is 0.145. The summed E-state index contributed by atoms with van der Waals surface area (Å²) in [5, 5.41) is 0. The van der Waals surface area contributed by atoms with Crippen LogP contribution in [-0.2, 0) is 0 Å². The van der Waals surface area contributed by atoms with Gasteiger partial charge in [-0.05, 0) is 0 Å². The Balaban J connectivity index is 0. The maximum absolute atomic E-state index is 0. The van der Waals surface area contributed by atoms with Crippen LogP contribution in [0, 0.1) is 0 Å². The van der Waals surface area contributed by atoms with Crippen LogP contribution >= 0.6 is 0 Å². The normalized spacial score (nSPS) is 0. The lowest BCUT2D eigenvalue weighted by atomic mass is 12.0. The third kappa shape index (κ3) is 1210. The monoisotopic (exact) mass is 102 g/mol. The van der Waals surface area contributed by atoms with E-state index in [0.29, 0.717) is 0 Å². The number of hydrogen-bond donors (Lipinski definition) is 2. The highest BCUT2D eigenvalue weighted by atomic mass is 16.0. The average Bonchev–Trinajstić information content (AvgIpc) is 0. The molecule has 0 heterocycles. The largest absolute Gasteiger partial charge is 0.412 e. The minimum absolute atomic E-state index is 0. The Labute approximate surface area is 39.3 Å². The van der Waals surface area contributed by atoms with Crippen LogP contribution < -0.4 is 12.3 Å². The SMILES string of the molecule is C.C.N.N.O.O. The molecule has 0 aromatic rings. The molecule has 0 spiro atoms. The van der Waals surface area contributed by atoms with E-state index in [1.165, 1.54) is 0 Å². The van der Waals surface area contributed by atoms with Crippen LogP contribution in [0.1, 0.15) is 14.9 Å². The molecule has 0 aliphatic carbocycles. The molecular weight excluding hydrogens is 84.0 g/mol. The first-order valence-corrected chi connectivity index (χ1v) is 0. The van der Waals surface area contributed by atoms with Crippen LogP contribution in [0.5, 0.6) is 0 Å². The van der Waals surface area contributed by atoms with Crippen molar-refractivity contribution in [2.75, 3.05) is 0 Å². The van der Waals surface area contributed by atoms with Gasteiger partial charge in [0.15, 0.2) is 0 Å². The van der Waals surface area contributed by atoms with E-state index in [4.69, 9.17) is 0 Å². The molecule has 0 aromatic carbocycles. The van der Waals surface area contributed by atoms with Gasteiger partial charge >= 0.3 is 0 Å².